The van der Waals surface area contributed by atoms with Crippen LogP contribution in [0.5, 0.6) is 0 Å². The van der Waals surface area contributed by atoms with E-state index >= 15 is 0 Å². The Labute approximate surface area is 118 Å². The molecular weight excluding hydrogens is 264 g/mol. The number of carbonyl (C=O) groups is 2. The van der Waals surface area contributed by atoms with Crippen LogP contribution in [0.3, 0.4) is 0 Å². The van der Waals surface area contributed by atoms with Gasteiger partial charge in [0.25, 0.3) is 0 Å². The number of nitrogens with zero attached hydrogens (tertiary/aromatic N) is 1. The minimum Gasteiger partial charge on any atom is -0.480 e. The lowest BCUT2D eigenvalue weighted by Crippen LogP contribution is -2.52. The molecule has 108 valence electrons. The van der Waals surface area contributed by atoms with Gasteiger partial charge in [0, 0.05) is 18.3 Å². The summed E-state index contributed by atoms with van der Waals surface area (Å²) in [5.41, 5.74) is 0. The second kappa shape index (κ2) is 7.03. The molecule has 0 saturated carbocycles. The summed E-state index contributed by atoms with van der Waals surface area (Å²) in [6.45, 7) is 0.558. The van der Waals surface area contributed by atoms with Gasteiger partial charge < -0.3 is 15.3 Å². The monoisotopic (exact) mass is 286 g/mol. The molecule has 2 aliphatic heterocycles. The van der Waals surface area contributed by atoms with Crippen molar-refractivity contribution in [2.24, 2.45) is 0 Å². The maximum atomic E-state index is 12.3. The zero-order valence-electron chi connectivity index (χ0n) is 11.1. The fourth-order valence-electron chi connectivity index (χ4n) is 2.72. The number of likely N-dealkylation sites (tertiary alicyclic amines) is 1. The van der Waals surface area contributed by atoms with E-state index in [0.29, 0.717) is 13.0 Å². The van der Waals surface area contributed by atoms with Crippen molar-refractivity contribution in [3.05, 3.63) is 0 Å². The lowest BCUT2D eigenvalue weighted by molar-refractivity contribution is -0.142. The molecule has 2 aliphatic rings. The highest BCUT2D eigenvalue weighted by molar-refractivity contribution is 7.99. The summed E-state index contributed by atoms with van der Waals surface area (Å²) in [6.07, 6.45) is 5.49. The zero-order valence-corrected chi connectivity index (χ0v) is 12.0. The Balaban J connectivity index is 1.95. The fourth-order valence-corrected chi connectivity index (χ4v) is 3.79. The van der Waals surface area contributed by atoms with Crippen LogP contribution < -0.4 is 5.32 Å². The van der Waals surface area contributed by atoms with Gasteiger partial charge in [-0.1, -0.05) is 12.8 Å². The molecule has 0 aromatic heterocycles. The molecule has 2 atom stereocenters. The van der Waals surface area contributed by atoms with Crippen LogP contribution in [0.15, 0.2) is 0 Å². The third-order valence-electron chi connectivity index (χ3n) is 3.79. The number of hydrogen-bond donors (Lipinski definition) is 2. The molecule has 0 radical (unpaired) electrons. The molecule has 2 fully saturated rings. The maximum Gasteiger partial charge on any atom is 0.326 e. The highest BCUT2D eigenvalue weighted by Gasteiger charge is 2.31. The van der Waals surface area contributed by atoms with E-state index in [2.05, 4.69) is 5.32 Å². The van der Waals surface area contributed by atoms with E-state index in [4.69, 9.17) is 0 Å². The quantitative estimate of drug-likeness (QED) is 0.813. The van der Waals surface area contributed by atoms with Gasteiger partial charge in [-0.15, -0.1) is 0 Å². The first-order chi connectivity index (χ1) is 9.18. The van der Waals surface area contributed by atoms with Crippen molar-refractivity contribution in [2.45, 2.75) is 50.6 Å². The zero-order chi connectivity index (χ0) is 13.7. The second-order valence-electron chi connectivity index (χ2n) is 5.26. The van der Waals surface area contributed by atoms with Crippen molar-refractivity contribution >= 4 is 23.8 Å². The van der Waals surface area contributed by atoms with Crippen LogP contribution in [0, 0.1) is 0 Å². The van der Waals surface area contributed by atoms with E-state index in [9.17, 15) is 14.7 Å². The minimum atomic E-state index is -0.880. The van der Waals surface area contributed by atoms with E-state index in [1.807, 2.05) is 11.8 Å². The van der Waals surface area contributed by atoms with Gasteiger partial charge in [0.2, 0.25) is 0 Å². The molecular formula is C13H22N2O3S. The van der Waals surface area contributed by atoms with Gasteiger partial charge in [0.05, 0.1) is 0 Å². The van der Waals surface area contributed by atoms with Crippen molar-refractivity contribution < 1.29 is 14.7 Å². The third kappa shape index (κ3) is 4.03. The summed E-state index contributed by atoms with van der Waals surface area (Å²) in [5.74, 6) is 1.22. The van der Waals surface area contributed by atoms with Crippen LogP contribution in [-0.4, -0.2) is 52.1 Å². The van der Waals surface area contributed by atoms with Crippen LogP contribution in [0.4, 0.5) is 4.79 Å². The van der Waals surface area contributed by atoms with Gasteiger partial charge in [-0.05, 0) is 31.4 Å². The maximum absolute atomic E-state index is 12.3. The summed E-state index contributed by atoms with van der Waals surface area (Å²) < 4.78 is 0. The van der Waals surface area contributed by atoms with E-state index in [-0.39, 0.29) is 12.1 Å². The largest absolute Gasteiger partial charge is 0.480 e. The first-order valence-corrected chi connectivity index (χ1v) is 8.21. The molecule has 0 bridgehead atoms. The molecule has 2 rings (SSSR count). The van der Waals surface area contributed by atoms with Crippen LogP contribution in [-0.2, 0) is 4.79 Å². The number of carboxylic acids is 1. The second-order valence-corrected chi connectivity index (χ2v) is 6.41. The number of carboxylic acid groups (broad SMARTS) is 1. The van der Waals surface area contributed by atoms with Crippen molar-refractivity contribution in [3.63, 3.8) is 0 Å². The average Bonchev–Trinajstić information content (AvgIpc) is 2.65. The number of carbonyl (C=O) groups excluding carboxylic acids is 1. The van der Waals surface area contributed by atoms with Crippen molar-refractivity contribution in [2.75, 3.05) is 18.1 Å². The van der Waals surface area contributed by atoms with E-state index in [1.54, 1.807) is 0 Å². The summed E-state index contributed by atoms with van der Waals surface area (Å²) >= 11 is 1.85. The Morgan fingerprint density at radius 2 is 2.00 bits per heavy atom. The molecule has 6 heteroatoms. The SMILES string of the molecule is O=C(O)C1CCCCCN1C(=O)NC1CCCSC1. The topological polar surface area (TPSA) is 69.6 Å². The van der Waals surface area contributed by atoms with Crippen LogP contribution >= 0.6 is 11.8 Å². The molecule has 0 spiro atoms. The Kier molecular flexibility index (Phi) is 5.36. The van der Waals surface area contributed by atoms with Gasteiger partial charge in [-0.2, -0.15) is 11.8 Å². The Morgan fingerprint density at radius 1 is 1.16 bits per heavy atom. The van der Waals surface area contributed by atoms with Crippen LogP contribution in [0.1, 0.15) is 38.5 Å². The molecule has 2 amide bonds. The summed E-state index contributed by atoms with van der Waals surface area (Å²) in [7, 11) is 0. The van der Waals surface area contributed by atoms with E-state index in [0.717, 1.165) is 43.6 Å². The van der Waals surface area contributed by atoms with Crippen molar-refractivity contribution in [3.8, 4) is 0 Å². The third-order valence-corrected chi connectivity index (χ3v) is 5.00. The molecule has 5 nitrogen and oxygen atoms in total. The number of aliphatic carboxylic acids is 1. The first kappa shape index (κ1) is 14.5. The average molecular weight is 286 g/mol. The summed E-state index contributed by atoms with van der Waals surface area (Å²) in [4.78, 5) is 25.1. The summed E-state index contributed by atoms with van der Waals surface area (Å²) in [6, 6.07) is -0.649. The molecule has 19 heavy (non-hydrogen) atoms. The standard InChI is InChI=1S/C13H22N2O3S/c16-12(17)11-6-2-1-3-7-15(11)13(18)14-10-5-4-8-19-9-10/h10-11H,1-9H2,(H,14,18)(H,16,17). The fraction of sp³-hybridized carbons (Fsp3) is 0.846. The number of nitrogens with one attached hydrogen (secondary N) is 1. The predicted octanol–water partition coefficient (Wildman–Crippen LogP) is 1.92. The van der Waals surface area contributed by atoms with Gasteiger partial charge in [-0.3, -0.25) is 0 Å². The number of thioether (sulfide) groups is 1. The number of amides is 2. The predicted molar refractivity (Wildman–Crippen MR) is 75.5 cm³/mol. The lowest BCUT2D eigenvalue weighted by Gasteiger charge is -2.30. The van der Waals surface area contributed by atoms with Gasteiger partial charge in [0.15, 0.2) is 0 Å². The lowest BCUT2D eigenvalue weighted by atomic mass is 10.1. The van der Waals surface area contributed by atoms with E-state index in [1.165, 1.54) is 4.90 Å². The van der Waals surface area contributed by atoms with Crippen LogP contribution in [0.2, 0.25) is 0 Å². The summed E-state index contributed by atoms with van der Waals surface area (Å²) in [5, 5.41) is 12.3. The highest BCUT2D eigenvalue weighted by atomic mass is 32.2. The molecule has 0 aromatic rings. The number of hydrogen-bond acceptors (Lipinski definition) is 3. The van der Waals surface area contributed by atoms with Crippen LogP contribution in [0.25, 0.3) is 0 Å². The van der Waals surface area contributed by atoms with Crippen molar-refractivity contribution in [1.82, 2.24) is 10.2 Å². The molecule has 0 aliphatic carbocycles. The minimum absolute atomic E-state index is 0.193. The molecule has 0 aromatic carbocycles. The van der Waals surface area contributed by atoms with Gasteiger partial charge >= 0.3 is 12.0 Å². The smallest absolute Gasteiger partial charge is 0.326 e. The molecule has 2 saturated heterocycles. The Morgan fingerprint density at radius 3 is 2.68 bits per heavy atom. The van der Waals surface area contributed by atoms with Gasteiger partial charge in [-0.25, -0.2) is 9.59 Å². The Bertz CT molecular complexity index is 332. The normalized spacial score (nSPS) is 28.5. The number of urea groups is 1. The number of rotatable bonds is 2. The highest BCUT2D eigenvalue weighted by Crippen LogP contribution is 2.20. The van der Waals surface area contributed by atoms with Gasteiger partial charge in [0.1, 0.15) is 6.04 Å². The molecule has 2 unspecified atom stereocenters. The van der Waals surface area contributed by atoms with E-state index < -0.39 is 12.0 Å². The first-order valence-electron chi connectivity index (χ1n) is 7.06. The Hall–Kier alpha value is -0.910. The van der Waals surface area contributed by atoms with Crippen molar-refractivity contribution in [1.29, 1.82) is 0 Å². The molecule has 2 heterocycles. The molecule has 2 N–H and O–H groups in total.